The van der Waals surface area contributed by atoms with E-state index in [1.807, 2.05) is 18.7 Å². The maximum atomic E-state index is 12.1. The third-order valence-electron chi connectivity index (χ3n) is 3.53. The largest absolute Gasteiger partial charge is 0.480 e. The molecule has 0 aliphatic carbocycles. The van der Waals surface area contributed by atoms with Crippen LogP contribution in [-0.2, 0) is 24.0 Å². The van der Waals surface area contributed by atoms with Crippen LogP contribution in [0.1, 0.15) is 47.0 Å². The van der Waals surface area contributed by atoms with Gasteiger partial charge >= 0.3 is 11.9 Å². The molecule has 0 aromatic rings. The van der Waals surface area contributed by atoms with Crippen molar-refractivity contribution in [3.63, 3.8) is 0 Å². The van der Waals surface area contributed by atoms with Gasteiger partial charge in [-0.2, -0.15) is 0 Å². The molecule has 0 bridgehead atoms. The van der Waals surface area contributed by atoms with E-state index in [0.29, 0.717) is 31.2 Å². The van der Waals surface area contributed by atoms with Crippen molar-refractivity contribution in [3.05, 3.63) is 0 Å². The van der Waals surface area contributed by atoms with Crippen LogP contribution in [0.5, 0.6) is 0 Å². The number of carboxylic acid groups (broad SMARTS) is 1. The van der Waals surface area contributed by atoms with Crippen molar-refractivity contribution in [2.45, 2.75) is 47.0 Å². The molecule has 0 atom stereocenters. The lowest BCUT2D eigenvalue weighted by Gasteiger charge is -2.26. The molecule has 0 heterocycles. The van der Waals surface area contributed by atoms with Crippen molar-refractivity contribution >= 4 is 23.8 Å². The summed E-state index contributed by atoms with van der Waals surface area (Å²) in [5.41, 5.74) is 0. The first-order valence-electron chi connectivity index (χ1n) is 8.95. The van der Waals surface area contributed by atoms with Crippen molar-refractivity contribution in [1.82, 2.24) is 14.9 Å². The first kappa shape index (κ1) is 24.0. The molecule has 1 N–H and O–H groups in total. The highest BCUT2D eigenvalue weighted by atomic mass is 16.7. The third-order valence-corrected chi connectivity index (χ3v) is 3.53. The van der Waals surface area contributed by atoms with Crippen LogP contribution in [0.4, 0.5) is 0 Å². The number of rotatable bonds is 12. The van der Waals surface area contributed by atoms with Gasteiger partial charge in [-0.15, -0.1) is 5.06 Å². The van der Waals surface area contributed by atoms with E-state index < -0.39 is 23.8 Å². The Labute approximate surface area is 154 Å². The number of nitrogens with zero attached hydrogens (tertiary/aromatic N) is 3. The summed E-state index contributed by atoms with van der Waals surface area (Å²) in [6.45, 7) is 8.76. The Morgan fingerprint density at radius 3 is 1.73 bits per heavy atom. The summed E-state index contributed by atoms with van der Waals surface area (Å²) in [5.74, 6) is -2.82. The molecule has 0 aliphatic heterocycles. The summed E-state index contributed by atoms with van der Waals surface area (Å²) in [7, 11) is 0. The lowest BCUT2D eigenvalue weighted by molar-refractivity contribution is -0.202. The maximum absolute atomic E-state index is 12.1. The molecule has 0 fully saturated rings. The summed E-state index contributed by atoms with van der Waals surface area (Å²) in [4.78, 5) is 54.6. The number of hydrogen-bond donors (Lipinski definition) is 1. The van der Waals surface area contributed by atoms with Gasteiger partial charge < -0.3 is 9.94 Å². The summed E-state index contributed by atoms with van der Waals surface area (Å²) < 4.78 is 0. The second kappa shape index (κ2) is 13.2. The molecule has 0 aromatic heterocycles. The Balaban J connectivity index is 4.73. The number of hydroxylamine groups is 2. The van der Waals surface area contributed by atoms with Crippen molar-refractivity contribution in [1.29, 1.82) is 0 Å². The Hall–Kier alpha value is -2.00. The van der Waals surface area contributed by atoms with Crippen LogP contribution in [0, 0.1) is 0 Å². The third kappa shape index (κ3) is 10.1. The highest BCUT2D eigenvalue weighted by Crippen LogP contribution is 2.01. The second-order valence-corrected chi connectivity index (χ2v) is 5.97. The predicted octanol–water partition coefficient (Wildman–Crippen LogP) is 0.738. The van der Waals surface area contributed by atoms with Gasteiger partial charge in [0.25, 0.3) is 11.8 Å². The number of carbonyl (C=O) groups excluding carboxylic acids is 3. The molecule has 0 unspecified atom stereocenters. The van der Waals surface area contributed by atoms with Gasteiger partial charge in [-0.25, -0.2) is 4.79 Å². The standard InChI is InChI=1S/C17H31N3O6/c1-5-8-18(12-16(23)24)10-11-19(9-6-2)13-17(25)26-20(14(4)21)15(22)7-3/h5-13H2,1-4H3,(H,23,24). The number of carbonyl (C=O) groups is 4. The smallest absolute Gasteiger partial charge is 0.347 e. The molecule has 0 aromatic carbocycles. The van der Waals surface area contributed by atoms with Crippen LogP contribution in [0.3, 0.4) is 0 Å². The van der Waals surface area contributed by atoms with Crippen LogP contribution in [0.15, 0.2) is 0 Å². The van der Waals surface area contributed by atoms with E-state index in [9.17, 15) is 19.2 Å². The highest BCUT2D eigenvalue weighted by Gasteiger charge is 2.23. The molecule has 0 aliphatic rings. The van der Waals surface area contributed by atoms with E-state index in [2.05, 4.69) is 0 Å². The van der Waals surface area contributed by atoms with Gasteiger partial charge in [0.05, 0.1) is 13.1 Å². The fourth-order valence-corrected chi connectivity index (χ4v) is 2.39. The molecule has 2 amide bonds. The summed E-state index contributed by atoms with van der Waals surface area (Å²) >= 11 is 0. The zero-order valence-electron chi connectivity index (χ0n) is 16.2. The Morgan fingerprint density at radius 1 is 0.846 bits per heavy atom. The lowest BCUT2D eigenvalue weighted by atomic mass is 10.3. The van der Waals surface area contributed by atoms with Gasteiger partial charge in [0.1, 0.15) is 0 Å². The minimum absolute atomic E-state index is 0.0483. The quantitative estimate of drug-likeness (QED) is 0.499. The normalized spacial score (nSPS) is 10.8. The van der Waals surface area contributed by atoms with E-state index in [-0.39, 0.29) is 19.5 Å². The van der Waals surface area contributed by atoms with Crippen LogP contribution in [0.25, 0.3) is 0 Å². The molecular weight excluding hydrogens is 342 g/mol. The zero-order valence-corrected chi connectivity index (χ0v) is 16.2. The number of carboxylic acids is 1. The number of hydrogen-bond acceptors (Lipinski definition) is 7. The SMILES string of the molecule is CCCN(CCN(CCC)CC(=O)ON(C(C)=O)C(=O)CC)CC(=O)O. The Kier molecular flexibility index (Phi) is 12.2. The van der Waals surface area contributed by atoms with Crippen LogP contribution >= 0.6 is 0 Å². The van der Waals surface area contributed by atoms with Crippen LogP contribution in [-0.4, -0.2) is 83.0 Å². The number of amides is 2. The first-order chi connectivity index (χ1) is 12.2. The molecule has 9 nitrogen and oxygen atoms in total. The average Bonchev–Trinajstić information content (AvgIpc) is 2.56. The minimum Gasteiger partial charge on any atom is -0.480 e. The number of imide groups is 1. The van der Waals surface area contributed by atoms with Crippen LogP contribution in [0.2, 0.25) is 0 Å². The lowest BCUT2D eigenvalue weighted by Crippen LogP contribution is -2.43. The first-order valence-corrected chi connectivity index (χ1v) is 8.95. The maximum Gasteiger partial charge on any atom is 0.347 e. The minimum atomic E-state index is -0.893. The summed E-state index contributed by atoms with van der Waals surface area (Å²) in [5, 5.41) is 9.44. The van der Waals surface area contributed by atoms with E-state index in [0.717, 1.165) is 19.8 Å². The average molecular weight is 373 g/mol. The fourth-order valence-electron chi connectivity index (χ4n) is 2.39. The van der Waals surface area contributed by atoms with Gasteiger partial charge in [-0.3, -0.25) is 24.2 Å². The Bertz CT molecular complexity index is 483. The summed E-state index contributed by atoms with van der Waals surface area (Å²) in [6, 6.07) is 0. The number of aliphatic carboxylic acids is 1. The molecule has 0 rings (SSSR count). The Morgan fingerprint density at radius 2 is 1.35 bits per heavy atom. The van der Waals surface area contributed by atoms with Crippen LogP contribution < -0.4 is 0 Å². The zero-order chi connectivity index (χ0) is 20.1. The molecule has 0 saturated heterocycles. The molecule has 26 heavy (non-hydrogen) atoms. The molecular formula is C17H31N3O6. The predicted molar refractivity (Wildman–Crippen MR) is 95.0 cm³/mol. The molecule has 150 valence electrons. The van der Waals surface area contributed by atoms with E-state index in [4.69, 9.17) is 9.94 Å². The van der Waals surface area contributed by atoms with E-state index in [1.165, 1.54) is 0 Å². The van der Waals surface area contributed by atoms with Gasteiger partial charge in [0.15, 0.2) is 0 Å². The van der Waals surface area contributed by atoms with Crippen molar-refractivity contribution < 1.29 is 29.1 Å². The van der Waals surface area contributed by atoms with Crippen molar-refractivity contribution in [2.75, 3.05) is 39.3 Å². The highest BCUT2D eigenvalue weighted by molar-refractivity contribution is 5.94. The van der Waals surface area contributed by atoms with Gasteiger partial charge in [0, 0.05) is 26.4 Å². The molecule has 0 radical (unpaired) electrons. The molecule has 0 saturated carbocycles. The summed E-state index contributed by atoms with van der Waals surface area (Å²) in [6.07, 6.45) is 1.67. The van der Waals surface area contributed by atoms with Gasteiger partial charge in [-0.1, -0.05) is 20.8 Å². The fraction of sp³-hybridized carbons (Fsp3) is 0.765. The van der Waals surface area contributed by atoms with Gasteiger partial charge in [0.2, 0.25) is 0 Å². The second-order valence-electron chi connectivity index (χ2n) is 5.97. The van der Waals surface area contributed by atoms with Gasteiger partial charge in [-0.05, 0) is 25.9 Å². The molecule has 9 heteroatoms. The monoisotopic (exact) mass is 373 g/mol. The molecule has 0 spiro atoms. The van der Waals surface area contributed by atoms with Crippen molar-refractivity contribution in [2.24, 2.45) is 0 Å². The van der Waals surface area contributed by atoms with Crippen molar-refractivity contribution in [3.8, 4) is 0 Å². The topological polar surface area (TPSA) is 107 Å². The van der Waals surface area contributed by atoms with E-state index >= 15 is 0 Å². The van der Waals surface area contributed by atoms with E-state index in [1.54, 1.807) is 11.8 Å².